The van der Waals surface area contributed by atoms with Gasteiger partial charge in [0.05, 0.1) is 0 Å². The Balaban J connectivity index is 1.62. The number of hydrogen-bond donors (Lipinski definition) is 1. The van der Waals surface area contributed by atoms with Crippen LogP contribution in [-0.4, -0.2) is 24.0 Å². The van der Waals surface area contributed by atoms with Crippen molar-refractivity contribution in [3.63, 3.8) is 0 Å². The molecule has 0 aromatic heterocycles. The highest BCUT2D eigenvalue weighted by atomic mass is 35.5. The zero-order chi connectivity index (χ0) is 14.7. The fraction of sp³-hybridized carbons (Fsp3) is 0.235. The van der Waals surface area contributed by atoms with Gasteiger partial charge in [-0.25, -0.2) is 4.79 Å². The average molecular weight is 301 g/mol. The second-order valence-electron chi connectivity index (χ2n) is 5.28. The molecular formula is C17H17ClN2O. The van der Waals surface area contributed by atoms with Gasteiger partial charge >= 0.3 is 6.03 Å². The van der Waals surface area contributed by atoms with E-state index in [1.807, 2.05) is 35.2 Å². The zero-order valence-electron chi connectivity index (χ0n) is 11.6. The number of nitrogens with zero attached hydrogens (tertiary/aromatic N) is 1. The molecule has 0 spiro atoms. The highest BCUT2D eigenvalue weighted by molar-refractivity contribution is 6.30. The number of amides is 2. The van der Waals surface area contributed by atoms with Crippen LogP contribution in [0.4, 0.5) is 10.5 Å². The SMILES string of the molecule is O=C(Nc1cccc(Cl)c1)N1CCC(c2ccccc2)C1. The molecule has 0 aliphatic carbocycles. The first kappa shape index (κ1) is 14.0. The molecule has 0 saturated carbocycles. The largest absolute Gasteiger partial charge is 0.324 e. The van der Waals surface area contributed by atoms with Crippen molar-refractivity contribution in [1.29, 1.82) is 0 Å². The third-order valence-electron chi connectivity index (χ3n) is 3.82. The minimum atomic E-state index is -0.0595. The minimum Gasteiger partial charge on any atom is -0.324 e. The van der Waals surface area contributed by atoms with E-state index in [0.717, 1.165) is 25.2 Å². The molecule has 21 heavy (non-hydrogen) atoms. The van der Waals surface area contributed by atoms with E-state index >= 15 is 0 Å². The summed E-state index contributed by atoms with van der Waals surface area (Å²) in [5, 5.41) is 3.52. The topological polar surface area (TPSA) is 32.3 Å². The predicted octanol–water partition coefficient (Wildman–Crippen LogP) is 4.36. The van der Waals surface area contributed by atoms with Gasteiger partial charge in [0.15, 0.2) is 0 Å². The van der Waals surface area contributed by atoms with Crippen molar-refractivity contribution in [2.45, 2.75) is 12.3 Å². The van der Waals surface area contributed by atoms with E-state index in [2.05, 4.69) is 17.4 Å². The quantitative estimate of drug-likeness (QED) is 0.878. The molecule has 1 aliphatic heterocycles. The molecule has 3 nitrogen and oxygen atoms in total. The molecule has 2 aromatic rings. The van der Waals surface area contributed by atoms with Crippen LogP contribution in [0.3, 0.4) is 0 Å². The zero-order valence-corrected chi connectivity index (χ0v) is 12.4. The Kier molecular flexibility index (Phi) is 4.11. The van der Waals surface area contributed by atoms with Gasteiger partial charge in [-0.2, -0.15) is 0 Å². The van der Waals surface area contributed by atoms with Crippen LogP contribution in [0.2, 0.25) is 5.02 Å². The van der Waals surface area contributed by atoms with Gasteiger partial charge in [0.1, 0.15) is 0 Å². The van der Waals surface area contributed by atoms with E-state index in [9.17, 15) is 4.79 Å². The van der Waals surface area contributed by atoms with Gasteiger partial charge in [-0.1, -0.05) is 48.0 Å². The van der Waals surface area contributed by atoms with Gasteiger partial charge < -0.3 is 10.2 Å². The Bertz CT molecular complexity index is 630. The molecule has 1 saturated heterocycles. The molecule has 0 radical (unpaired) electrons. The highest BCUT2D eigenvalue weighted by Gasteiger charge is 2.27. The van der Waals surface area contributed by atoms with Crippen LogP contribution in [0.15, 0.2) is 54.6 Å². The van der Waals surface area contributed by atoms with Crippen LogP contribution >= 0.6 is 11.6 Å². The van der Waals surface area contributed by atoms with Crippen LogP contribution in [-0.2, 0) is 0 Å². The summed E-state index contributed by atoms with van der Waals surface area (Å²) in [7, 11) is 0. The van der Waals surface area contributed by atoms with E-state index in [0.29, 0.717) is 10.9 Å². The molecular weight excluding hydrogens is 284 g/mol. The van der Waals surface area contributed by atoms with Crippen molar-refractivity contribution >= 4 is 23.3 Å². The number of carbonyl (C=O) groups is 1. The second kappa shape index (κ2) is 6.19. The van der Waals surface area contributed by atoms with Gasteiger partial charge in [0, 0.05) is 29.7 Å². The number of hydrogen-bond acceptors (Lipinski definition) is 1. The van der Waals surface area contributed by atoms with E-state index in [1.165, 1.54) is 5.56 Å². The molecule has 108 valence electrons. The third kappa shape index (κ3) is 3.37. The van der Waals surface area contributed by atoms with Crippen molar-refractivity contribution in [1.82, 2.24) is 4.90 Å². The molecule has 1 atom stereocenters. The van der Waals surface area contributed by atoms with Gasteiger partial charge in [-0.15, -0.1) is 0 Å². The average Bonchev–Trinajstić information content (AvgIpc) is 2.98. The van der Waals surface area contributed by atoms with Crippen molar-refractivity contribution in [3.05, 3.63) is 65.2 Å². The number of anilines is 1. The first-order valence-corrected chi connectivity index (χ1v) is 7.46. The van der Waals surface area contributed by atoms with Crippen molar-refractivity contribution in [2.75, 3.05) is 18.4 Å². The Morgan fingerprint density at radius 3 is 2.71 bits per heavy atom. The van der Waals surface area contributed by atoms with E-state index in [1.54, 1.807) is 12.1 Å². The van der Waals surface area contributed by atoms with E-state index in [4.69, 9.17) is 11.6 Å². The number of rotatable bonds is 2. The maximum atomic E-state index is 12.3. The third-order valence-corrected chi connectivity index (χ3v) is 4.06. The monoisotopic (exact) mass is 300 g/mol. The van der Waals surface area contributed by atoms with Crippen LogP contribution in [0.5, 0.6) is 0 Å². The Labute approximate surface area is 129 Å². The molecule has 1 fully saturated rings. The Morgan fingerprint density at radius 1 is 1.14 bits per heavy atom. The number of nitrogens with one attached hydrogen (secondary N) is 1. The first-order valence-electron chi connectivity index (χ1n) is 7.09. The van der Waals surface area contributed by atoms with Gasteiger partial charge in [0.25, 0.3) is 0 Å². The van der Waals surface area contributed by atoms with Crippen LogP contribution in [0, 0.1) is 0 Å². The number of benzene rings is 2. The summed E-state index contributed by atoms with van der Waals surface area (Å²) >= 11 is 5.93. The summed E-state index contributed by atoms with van der Waals surface area (Å²) in [6, 6.07) is 17.5. The van der Waals surface area contributed by atoms with Gasteiger partial charge in [-0.05, 0) is 30.2 Å². The molecule has 0 bridgehead atoms. The number of urea groups is 1. The molecule has 1 N–H and O–H groups in total. The van der Waals surface area contributed by atoms with E-state index in [-0.39, 0.29) is 6.03 Å². The smallest absolute Gasteiger partial charge is 0.321 e. The highest BCUT2D eigenvalue weighted by Crippen LogP contribution is 2.27. The number of likely N-dealkylation sites (tertiary alicyclic amines) is 1. The van der Waals surface area contributed by atoms with E-state index < -0.39 is 0 Å². The normalized spacial score (nSPS) is 17.8. The van der Waals surface area contributed by atoms with Crippen LogP contribution < -0.4 is 5.32 Å². The summed E-state index contributed by atoms with van der Waals surface area (Å²) in [6.07, 6.45) is 1.01. The molecule has 4 heteroatoms. The number of halogens is 1. The molecule has 2 aromatic carbocycles. The fourth-order valence-corrected chi connectivity index (χ4v) is 2.90. The summed E-state index contributed by atoms with van der Waals surface area (Å²) < 4.78 is 0. The van der Waals surface area contributed by atoms with Gasteiger partial charge in [0.2, 0.25) is 0 Å². The van der Waals surface area contributed by atoms with Crippen LogP contribution in [0.1, 0.15) is 17.9 Å². The molecule has 2 amide bonds. The number of carbonyl (C=O) groups excluding carboxylic acids is 1. The lowest BCUT2D eigenvalue weighted by molar-refractivity contribution is 0.222. The van der Waals surface area contributed by atoms with Crippen LogP contribution in [0.25, 0.3) is 0 Å². The van der Waals surface area contributed by atoms with Gasteiger partial charge in [-0.3, -0.25) is 0 Å². The summed E-state index contributed by atoms with van der Waals surface area (Å²) in [6.45, 7) is 1.54. The van der Waals surface area contributed by atoms with Crippen molar-refractivity contribution in [3.8, 4) is 0 Å². The molecule has 3 rings (SSSR count). The molecule has 1 unspecified atom stereocenters. The second-order valence-corrected chi connectivity index (χ2v) is 5.72. The lowest BCUT2D eigenvalue weighted by Crippen LogP contribution is -2.32. The Morgan fingerprint density at radius 2 is 1.95 bits per heavy atom. The minimum absolute atomic E-state index is 0.0595. The fourth-order valence-electron chi connectivity index (χ4n) is 2.71. The maximum Gasteiger partial charge on any atom is 0.321 e. The summed E-state index contributed by atoms with van der Waals surface area (Å²) in [5.41, 5.74) is 2.03. The summed E-state index contributed by atoms with van der Waals surface area (Å²) in [5.74, 6) is 0.427. The first-order chi connectivity index (χ1) is 10.2. The van der Waals surface area contributed by atoms with Crippen molar-refractivity contribution in [2.24, 2.45) is 0 Å². The lowest BCUT2D eigenvalue weighted by Gasteiger charge is -2.17. The summed E-state index contributed by atoms with van der Waals surface area (Å²) in [4.78, 5) is 14.1. The van der Waals surface area contributed by atoms with Crippen molar-refractivity contribution < 1.29 is 4.79 Å². The maximum absolute atomic E-state index is 12.3. The molecule has 1 heterocycles. The standard InChI is InChI=1S/C17H17ClN2O/c18-15-7-4-8-16(11-15)19-17(21)20-10-9-14(12-20)13-5-2-1-3-6-13/h1-8,11,14H,9-10,12H2,(H,19,21). The predicted molar refractivity (Wildman–Crippen MR) is 85.8 cm³/mol. The molecule has 1 aliphatic rings. The Hall–Kier alpha value is -2.00. The lowest BCUT2D eigenvalue weighted by atomic mass is 9.99.